The molecule has 0 radical (unpaired) electrons. The number of rotatable bonds is 5. The fourth-order valence-corrected chi connectivity index (χ4v) is 6.66. The van der Waals surface area contributed by atoms with Crippen LogP contribution in [0.25, 0.3) is 0 Å². The first-order chi connectivity index (χ1) is 10.6. The monoisotopic (exact) mass is 383 g/mol. The lowest BCUT2D eigenvalue weighted by Crippen LogP contribution is -2.48. The van der Waals surface area contributed by atoms with Crippen molar-refractivity contribution in [3.63, 3.8) is 0 Å². The highest BCUT2D eigenvalue weighted by molar-refractivity contribution is 7.92. The number of aliphatic hydroxyl groups excluding tert-OH is 2. The van der Waals surface area contributed by atoms with Crippen LogP contribution in [0.2, 0.25) is 5.02 Å². The molecule has 1 fully saturated rings. The smallest absolute Gasteiger partial charge is 0.243 e. The lowest BCUT2D eigenvalue weighted by Gasteiger charge is -2.29. The summed E-state index contributed by atoms with van der Waals surface area (Å²) in [5.41, 5.74) is 0.438. The Labute approximate surface area is 140 Å². The minimum atomic E-state index is -4.12. The molecule has 2 rings (SSSR count). The third-order valence-corrected chi connectivity index (χ3v) is 7.72. The van der Waals surface area contributed by atoms with E-state index in [0.717, 1.165) is 4.31 Å². The van der Waals surface area contributed by atoms with Crippen LogP contribution in [0.15, 0.2) is 23.1 Å². The van der Waals surface area contributed by atoms with Crippen LogP contribution < -0.4 is 0 Å². The van der Waals surface area contributed by atoms with E-state index >= 15 is 0 Å². The second-order valence-corrected chi connectivity index (χ2v) is 9.91. The van der Waals surface area contributed by atoms with Crippen LogP contribution in [0.4, 0.5) is 0 Å². The summed E-state index contributed by atoms with van der Waals surface area (Å²) in [6.45, 7) is 0.774. The van der Waals surface area contributed by atoms with Crippen molar-refractivity contribution < 1.29 is 27.0 Å². The summed E-state index contributed by atoms with van der Waals surface area (Å²) in [5.74, 6) is -0.976. The number of sulfone groups is 1. The summed E-state index contributed by atoms with van der Waals surface area (Å²) >= 11 is 5.86. The molecule has 1 aromatic carbocycles. The highest BCUT2D eigenvalue weighted by atomic mass is 35.5. The van der Waals surface area contributed by atoms with Crippen molar-refractivity contribution >= 4 is 31.5 Å². The van der Waals surface area contributed by atoms with E-state index in [1.54, 1.807) is 13.0 Å². The molecule has 10 heteroatoms. The molecule has 1 aliphatic rings. The third kappa shape index (κ3) is 3.86. The molecule has 0 aromatic heterocycles. The molecule has 1 heterocycles. The van der Waals surface area contributed by atoms with Gasteiger partial charge < -0.3 is 10.2 Å². The summed E-state index contributed by atoms with van der Waals surface area (Å²) in [7, 11) is -7.65. The van der Waals surface area contributed by atoms with Crippen molar-refractivity contribution in [1.82, 2.24) is 4.31 Å². The second kappa shape index (κ2) is 6.66. The summed E-state index contributed by atoms with van der Waals surface area (Å²) in [6, 6.07) is 3.22. The lowest BCUT2D eigenvalue weighted by molar-refractivity contribution is 0.117. The first-order valence-electron chi connectivity index (χ1n) is 6.86. The molecule has 2 atom stereocenters. The van der Waals surface area contributed by atoms with E-state index in [-0.39, 0.29) is 16.5 Å². The van der Waals surface area contributed by atoms with Crippen molar-refractivity contribution in [2.45, 2.75) is 24.0 Å². The third-order valence-electron chi connectivity index (χ3n) is 3.72. The van der Waals surface area contributed by atoms with Gasteiger partial charge in [0.2, 0.25) is 10.0 Å². The molecule has 1 saturated heterocycles. The zero-order chi connectivity index (χ0) is 17.4. The summed E-state index contributed by atoms with van der Waals surface area (Å²) < 4.78 is 50.0. The topological polar surface area (TPSA) is 112 Å². The number of nitrogens with zero attached hydrogens (tertiary/aromatic N) is 1. The molecule has 0 amide bonds. The van der Waals surface area contributed by atoms with Gasteiger partial charge in [-0.25, -0.2) is 16.8 Å². The van der Waals surface area contributed by atoms with Crippen molar-refractivity contribution in [2.75, 3.05) is 24.7 Å². The van der Waals surface area contributed by atoms with Gasteiger partial charge in [-0.05, 0) is 24.6 Å². The summed E-state index contributed by atoms with van der Waals surface area (Å²) in [4.78, 5) is -0.0741. The predicted octanol–water partition coefficient (Wildman–Crippen LogP) is -0.211. The summed E-state index contributed by atoms with van der Waals surface area (Å²) in [6.07, 6.45) is -1.33. The van der Waals surface area contributed by atoms with Crippen molar-refractivity contribution in [1.29, 1.82) is 0 Å². The van der Waals surface area contributed by atoms with E-state index in [1.807, 2.05) is 0 Å². The van der Waals surface area contributed by atoms with Gasteiger partial charge in [0.15, 0.2) is 9.84 Å². The molecular weight excluding hydrogens is 366 g/mol. The van der Waals surface area contributed by atoms with Gasteiger partial charge in [-0.2, -0.15) is 4.31 Å². The quantitative estimate of drug-likeness (QED) is 0.727. The molecule has 0 bridgehead atoms. The van der Waals surface area contributed by atoms with Gasteiger partial charge in [-0.3, -0.25) is 0 Å². The molecule has 7 nitrogen and oxygen atoms in total. The Morgan fingerprint density at radius 2 is 2.00 bits per heavy atom. The molecule has 23 heavy (non-hydrogen) atoms. The number of aliphatic hydroxyl groups is 2. The average molecular weight is 384 g/mol. The Morgan fingerprint density at radius 1 is 1.35 bits per heavy atom. The fourth-order valence-electron chi connectivity index (χ4n) is 2.63. The van der Waals surface area contributed by atoms with Gasteiger partial charge in [0.25, 0.3) is 0 Å². The highest BCUT2D eigenvalue weighted by Gasteiger charge is 2.44. The number of halogens is 1. The van der Waals surface area contributed by atoms with E-state index in [2.05, 4.69) is 0 Å². The largest absolute Gasteiger partial charge is 0.395 e. The van der Waals surface area contributed by atoms with Gasteiger partial charge in [0.05, 0.1) is 35.2 Å². The van der Waals surface area contributed by atoms with E-state index in [4.69, 9.17) is 11.6 Å². The molecule has 2 N–H and O–H groups in total. The number of hydrogen-bond donors (Lipinski definition) is 2. The van der Waals surface area contributed by atoms with E-state index in [1.165, 1.54) is 12.1 Å². The maximum absolute atomic E-state index is 12.9. The highest BCUT2D eigenvalue weighted by Crippen LogP contribution is 2.28. The number of benzene rings is 1. The standard InChI is InChI=1S/C13H18ClNO6S2/c1-9-2-3-10(14)6-13(9)23(20,21)15(4-5-16)11-7-22(18,19)8-12(11)17/h2-3,6,11-12,16-17H,4-5,7-8H2,1H3/t11-,12+/m0/s1. The van der Waals surface area contributed by atoms with Crippen molar-refractivity contribution in [2.24, 2.45) is 0 Å². The van der Waals surface area contributed by atoms with Crippen LogP contribution in [0.1, 0.15) is 5.56 Å². The average Bonchev–Trinajstić information content (AvgIpc) is 2.71. The number of sulfonamides is 1. The van der Waals surface area contributed by atoms with Crippen LogP contribution in [0, 0.1) is 6.92 Å². The van der Waals surface area contributed by atoms with Gasteiger partial charge >= 0.3 is 0 Å². The van der Waals surface area contributed by atoms with Crippen LogP contribution in [0.5, 0.6) is 0 Å². The maximum atomic E-state index is 12.9. The zero-order valence-corrected chi connectivity index (χ0v) is 14.8. The zero-order valence-electron chi connectivity index (χ0n) is 12.4. The predicted molar refractivity (Wildman–Crippen MR) is 85.6 cm³/mol. The van der Waals surface area contributed by atoms with Crippen LogP contribution in [-0.4, -0.2) is 68.2 Å². The molecule has 0 unspecified atom stereocenters. The van der Waals surface area contributed by atoms with Crippen LogP contribution >= 0.6 is 11.6 Å². The van der Waals surface area contributed by atoms with Crippen LogP contribution in [0.3, 0.4) is 0 Å². The van der Waals surface area contributed by atoms with Crippen molar-refractivity contribution in [3.8, 4) is 0 Å². The maximum Gasteiger partial charge on any atom is 0.243 e. The van der Waals surface area contributed by atoms with Crippen molar-refractivity contribution in [3.05, 3.63) is 28.8 Å². The Bertz CT molecular complexity index is 793. The Morgan fingerprint density at radius 3 is 2.52 bits per heavy atom. The molecule has 1 aliphatic heterocycles. The normalized spacial score (nSPS) is 24.2. The SMILES string of the molecule is Cc1ccc(Cl)cc1S(=O)(=O)N(CCO)[C@H]1CS(=O)(=O)C[C@H]1O. The molecule has 0 spiro atoms. The summed E-state index contributed by atoms with van der Waals surface area (Å²) in [5, 5.41) is 19.4. The minimum Gasteiger partial charge on any atom is -0.395 e. The van der Waals surface area contributed by atoms with E-state index in [9.17, 15) is 27.0 Å². The minimum absolute atomic E-state index is 0.0741. The first-order valence-corrected chi connectivity index (χ1v) is 10.5. The molecular formula is C13H18ClNO6S2. The van der Waals surface area contributed by atoms with Gasteiger partial charge in [0.1, 0.15) is 0 Å². The molecule has 130 valence electrons. The first kappa shape index (κ1) is 18.6. The Kier molecular flexibility index (Phi) is 5.39. The Hall–Kier alpha value is -0.710. The fraction of sp³-hybridized carbons (Fsp3) is 0.538. The lowest BCUT2D eigenvalue weighted by atomic mass is 10.2. The van der Waals surface area contributed by atoms with E-state index in [0.29, 0.717) is 5.56 Å². The molecule has 0 saturated carbocycles. The number of aryl methyl sites for hydroxylation is 1. The Balaban J connectivity index is 2.50. The van der Waals surface area contributed by atoms with Crippen LogP contribution in [-0.2, 0) is 19.9 Å². The van der Waals surface area contributed by atoms with Gasteiger partial charge in [-0.1, -0.05) is 17.7 Å². The van der Waals surface area contributed by atoms with Gasteiger partial charge in [-0.15, -0.1) is 0 Å². The van der Waals surface area contributed by atoms with Gasteiger partial charge in [0, 0.05) is 11.6 Å². The molecule has 1 aromatic rings. The van der Waals surface area contributed by atoms with E-state index < -0.39 is 50.1 Å². The molecule has 0 aliphatic carbocycles. The number of hydrogen-bond acceptors (Lipinski definition) is 6. The second-order valence-electron chi connectivity index (χ2n) is 5.46.